The lowest BCUT2D eigenvalue weighted by molar-refractivity contribution is 0.285. The lowest BCUT2D eigenvalue weighted by atomic mass is 9.83. The molecule has 0 unspecified atom stereocenters. The van der Waals surface area contributed by atoms with Gasteiger partial charge in [-0.05, 0) is 37.8 Å². The van der Waals surface area contributed by atoms with Gasteiger partial charge in [0.05, 0.1) is 18.4 Å². The van der Waals surface area contributed by atoms with Crippen LogP contribution >= 0.6 is 0 Å². The SMILES string of the molecule is CCN(CC)CCn1cc(NCC2CCC(C)CC2)cn1. The highest BCUT2D eigenvalue weighted by atomic mass is 15.3. The van der Waals surface area contributed by atoms with Gasteiger partial charge in [0.25, 0.3) is 0 Å². The van der Waals surface area contributed by atoms with Crippen molar-refractivity contribution < 1.29 is 0 Å². The highest BCUT2D eigenvalue weighted by molar-refractivity contribution is 5.38. The second kappa shape index (κ2) is 8.42. The standard InChI is InChI=1S/C17H32N4/c1-4-20(5-2)10-11-21-14-17(13-19-21)18-12-16-8-6-15(3)7-9-16/h13-16,18H,4-12H2,1-3H3. The van der Waals surface area contributed by atoms with Gasteiger partial charge < -0.3 is 10.2 Å². The van der Waals surface area contributed by atoms with Gasteiger partial charge in [0.15, 0.2) is 0 Å². The number of rotatable bonds is 8. The summed E-state index contributed by atoms with van der Waals surface area (Å²) in [5.74, 6) is 1.78. The Hall–Kier alpha value is -1.03. The van der Waals surface area contributed by atoms with Crippen molar-refractivity contribution in [3.8, 4) is 0 Å². The van der Waals surface area contributed by atoms with E-state index >= 15 is 0 Å². The number of likely N-dealkylation sites (N-methyl/N-ethyl adjacent to an activating group) is 1. The maximum absolute atomic E-state index is 4.46. The molecule has 1 aromatic heterocycles. The number of hydrogen-bond donors (Lipinski definition) is 1. The Morgan fingerprint density at radius 3 is 2.62 bits per heavy atom. The third-order valence-corrected chi connectivity index (χ3v) is 4.90. The van der Waals surface area contributed by atoms with Gasteiger partial charge in [0.1, 0.15) is 0 Å². The second-order valence-electron chi connectivity index (χ2n) is 6.53. The summed E-state index contributed by atoms with van der Waals surface area (Å²) < 4.78 is 2.06. The maximum atomic E-state index is 4.46. The molecule has 1 heterocycles. The zero-order chi connectivity index (χ0) is 15.1. The van der Waals surface area contributed by atoms with Gasteiger partial charge in [-0.3, -0.25) is 4.68 Å². The molecule has 1 fully saturated rings. The Morgan fingerprint density at radius 2 is 1.95 bits per heavy atom. The van der Waals surface area contributed by atoms with Crippen LogP contribution in [-0.4, -0.2) is 40.9 Å². The first-order chi connectivity index (χ1) is 10.2. The van der Waals surface area contributed by atoms with Crippen LogP contribution in [0.15, 0.2) is 12.4 Å². The van der Waals surface area contributed by atoms with Crippen LogP contribution in [0.3, 0.4) is 0 Å². The van der Waals surface area contributed by atoms with Crippen molar-refractivity contribution in [1.82, 2.24) is 14.7 Å². The van der Waals surface area contributed by atoms with E-state index in [-0.39, 0.29) is 0 Å². The summed E-state index contributed by atoms with van der Waals surface area (Å²) >= 11 is 0. The van der Waals surface area contributed by atoms with Crippen molar-refractivity contribution in [1.29, 1.82) is 0 Å². The van der Waals surface area contributed by atoms with Gasteiger partial charge in [-0.15, -0.1) is 0 Å². The van der Waals surface area contributed by atoms with Crippen LogP contribution in [0.1, 0.15) is 46.5 Å². The fraction of sp³-hybridized carbons (Fsp3) is 0.824. The normalized spacial score (nSPS) is 22.7. The molecule has 4 heteroatoms. The van der Waals surface area contributed by atoms with Crippen LogP contribution in [0.4, 0.5) is 5.69 Å². The van der Waals surface area contributed by atoms with Crippen LogP contribution in [0, 0.1) is 11.8 Å². The third-order valence-electron chi connectivity index (χ3n) is 4.90. The van der Waals surface area contributed by atoms with E-state index in [9.17, 15) is 0 Å². The predicted octanol–water partition coefficient (Wildman–Crippen LogP) is 3.46. The fourth-order valence-electron chi connectivity index (χ4n) is 3.16. The summed E-state index contributed by atoms with van der Waals surface area (Å²) in [6.45, 7) is 12.2. The molecule has 0 spiro atoms. The molecule has 1 aromatic rings. The molecular weight excluding hydrogens is 260 g/mol. The second-order valence-corrected chi connectivity index (χ2v) is 6.53. The van der Waals surface area contributed by atoms with Crippen molar-refractivity contribution in [2.24, 2.45) is 11.8 Å². The molecule has 1 aliphatic rings. The summed E-state index contributed by atoms with van der Waals surface area (Å²) in [5, 5.41) is 8.03. The first-order valence-electron chi connectivity index (χ1n) is 8.70. The molecule has 0 bridgehead atoms. The molecule has 1 N–H and O–H groups in total. The Kier molecular flexibility index (Phi) is 6.55. The lowest BCUT2D eigenvalue weighted by Gasteiger charge is -2.26. The summed E-state index contributed by atoms with van der Waals surface area (Å²) in [7, 11) is 0. The van der Waals surface area contributed by atoms with Crippen molar-refractivity contribution in [3.05, 3.63) is 12.4 Å². The molecule has 2 rings (SSSR count). The Morgan fingerprint density at radius 1 is 1.24 bits per heavy atom. The van der Waals surface area contributed by atoms with E-state index < -0.39 is 0 Å². The molecule has 1 aliphatic carbocycles. The molecule has 120 valence electrons. The minimum Gasteiger partial charge on any atom is -0.382 e. The smallest absolute Gasteiger partial charge is 0.0726 e. The number of nitrogens with one attached hydrogen (secondary N) is 1. The highest BCUT2D eigenvalue weighted by Gasteiger charge is 2.17. The number of anilines is 1. The molecular formula is C17H32N4. The van der Waals surface area contributed by atoms with Gasteiger partial charge in [-0.25, -0.2) is 0 Å². The average molecular weight is 292 g/mol. The van der Waals surface area contributed by atoms with Crippen LogP contribution in [-0.2, 0) is 6.54 Å². The lowest BCUT2D eigenvalue weighted by Crippen LogP contribution is -2.27. The zero-order valence-corrected chi connectivity index (χ0v) is 14.0. The summed E-state index contributed by atoms with van der Waals surface area (Å²) in [6, 6.07) is 0. The molecule has 0 saturated heterocycles. The van der Waals surface area contributed by atoms with E-state index in [4.69, 9.17) is 0 Å². The molecule has 21 heavy (non-hydrogen) atoms. The first-order valence-corrected chi connectivity index (χ1v) is 8.70. The van der Waals surface area contributed by atoms with Crippen LogP contribution in [0.2, 0.25) is 0 Å². The Labute approximate surface area is 129 Å². The number of aromatic nitrogens is 2. The van der Waals surface area contributed by atoms with Crippen molar-refractivity contribution in [3.63, 3.8) is 0 Å². The topological polar surface area (TPSA) is 33.1 Å². The summed E-state index contributed by atoms with van der Waals surface area (Å²) in [5.41, 5.74) is 1.17. The molecule has 1 saturated carbocycles. The van der Waals surface area contributed by atoms with Gasteiger partial charge in [-0.1, -0.05) is 33.6 Å². The molecule has 0 amide bonds. The fourth-order valence-corrected chi connectivity index (χ4v) is 3.16. The van der Waals surface area contributed by atoms with E-state index in [2.05, 4.69) is 47.0 Å². The number of hydrogen-bond acceptors (Lipinski definition) is 3. The average Bonchev–Trinajstić information content (AvgIpc) is 2.96. The van der Waals surface area contributed by atoms with Crippen LogP contribution < -0.4 is 5.32 Å². The van der Waals surface area contributed by atoms with Gasteiger partial charge in [0, 0.05) is 19.3 Å². The van der Waals surface area contributed by atoms with Crippen molar-refractivity contribution >= 4 is 5.69 Å². The molecule has 0 aromatic carbocycles. The van der Waals surface area contributed by atoms with Gasteiger partial charge >= 0.3 is 0 Å². The zero-order valence-electron chi connectivity index (χ0n) is 14.0. The van der Waals surface area contributed by atoms with E-state index in [0.29, 0.717) is 0 Å². The van der Waals surface area contributed by atoms with Crippen molar-refractivity contribution in [2.75, 3.05) is 31.5 Å². The van der Waals surface area contributed by atoms with E-state index in [0.717, 1.165) is 44.6 Å². The minimum absolute atomic E-state index is 0.847. The van der Waals surface area contributed by atoms with Gasteiger partial charge in [0.2, 0.25) is 0 Å². The quantitative estimate of drug-likeness (QED) is 0.796. The molecule has 0 radical (unpaired) electrons. The van der Waals surface area contributed by atoms with Gasteiger partial charge in [-0.2, -0.15) is 5.10 Å². The highest BCUT2D eigenvalue weighted by Crippen LogP contribution is 2.28. The predicted molar refractivity (Wildman–Crippen MR) is 89.6 cm³/mol. The van der Waals surface area contributed by atoms with Crippen LogP contribution in [0.5, 0.6) is 0 Å². The van der Waals surface area contributed by atoms with E-state index in [1.54, 1.807) is 0 Å². The largest absolute Gasteiger partial charge is 0.382 e. The molecule has 0 aliphatic heterocycles. The van der Waals surface area contributed by atoms with E-state index in [1.165, 1.54) is 31.4 Å². The summed E-state index contributed by atoms with van der Waals surface area (Å²) in [6.07, 6.45) is 9.67. The third kappa shape index (κ3) is 5.34. The minimum atomic E-state index is 0.847. The first kappa shape index (κ1) is 16.3. The Bertz CT molecular complexity index is 389. The Balaban J connectivity index is 1.70. The maximum Gasteiger partial charge on any atom is 0.0726 e. The monoisotopic (exact) mass is 292 g/mol. The number of nitrogens with zero attached hydrogens (tertiary/aromatic N) is 3. The molecule has 4 nitrogen and oxygen atoms in total. The molecule has 0 atom stereocenters. The van der Waals surface area contributed by atoms with Crippen molar-refractivity contribution in [2.45, 2.75) is 53.0 Å². The van der Waals surface area contributed by atoms with E-state index in [1.807, 2.05) is 6.20 Å². The summed E-state index contributed by atoms with van der Waals surface area (Å²) in [4.78, 5) is 2.43. The van der Waals surface area contributed by atoms with Crippen LogP contribution in [0.25, 0.3) is 0 Å².